The molecule has 0 radical (unpaired) electrons. The van der Waals surface area contributed by atoms with Gasteiger partial charge < -0.3 is 4.74 Å². The molecule has 8 nitrogen and oxygen atoms in total. The number of rotatable bonds is 6. The number of hydrogen-bond acceptors (Lipinski definition) is 7. The van der Waals surface area contributed by atoms with Crippen LogP contribution in [0, 0.1) is 0 Å². The Hall–Kier alpha value is -1.88. The summed E-state index contributed by atoms with van der Waals surface area (Å²) in [6.07, 6.45) is 1.73. The highest BCUT2D eigenvalue weighted by molar-refractivity contribution is 7.89. The van der Waals surface area contributed by atoms with E-state index in [0.717, 1.165) is 12.8 Å². The lowest BCUT2D eigenvalue weighted by atomic mass is 10.2. The van der Waals surface area contributed by atoms with E-state index in [1.54, 1.807) is 0 Å². The number of hydrogen-bond donors (Lipinski definition) is 2. The molecule has 3 rings (SSSR count). The van der Waals surface area contributed by atoms with Gasteiger partial charge in [0.25, 0.3) is 5.91 Å². The molecule has 1 aliphatic heterocycles. The summed E-state index contributed by atoms with van der Waals surface area (Å²) in [5.74, 6) is -0.372. The number of carbonyl (C=O) groups is 1. The summed E-state index contributed by atoms with van der Waals surface area (Å²) in [7, 11) is -3.62. The van der Waals surface area contributed by atoms with Crippen LogP contribution in [-0.4, -0.2) is 43.8 Å². The third-order valence-corrected chi connectivity index (χ3v) is 5.58. The Morgan fingerprint density at radius 3 is 2.75 bits per heavy atom. The zero-order chi connectivity index (χ0) is 17.0. The summed E-state index contributed by atoms with van der Waals surface area (Å²) in [4.78, 5) is 12.1. The van der Waals surface area contributed by atoms with Crippen LogP contribution in [0.25, 0.3) is 0 Å². The van der Waals surface area contributed by atoms with Gasteiger partial charge >= 0.3 is 0 Å². The van der Waals surface area contributed by atoms with Crippen LogP contribution < -0.4 is 10.0 Å². The molecular weight excluding hydrogens is 352 g/mol. The highest BCUT2D eigenvalue weighted by atomic mass is 32.2. The van der Waals surface area contributed by atoms with Gasteiger partial charge in [0.2, 0.25) is 15.2 Å². The van der Waals surface area contributed by atoms with Crippen LogP contribution in [0.5, 0.6) is 0 Å². The molecule has 2 aromatic rings. The molecule has 0 saturated carbocycles. The lowest BCUT2D eigenvalue weighted by Crippen LogP contribution is -2.31. The summed E-state index contributed by atoms with van der Waals surface area (Å²) in [6.45, 7) is 0.923. The molecule has 24 heavy (non-hydrogen) atoms. The van der Waals surface area contributed by atoms with Crippen LogP contribution in [0.2, 0.25) is 0 Å². The van der Waals surface area contributed by atoms with E-state index in [9.17, 15) is 13.2 Å². The van der Waals surface area contributed by atoms with Crippen molar-refractivity contribution < 1.29 is 17.9 Å². The number of ether oxygens (including phenoxy) is 1. The van der Waals surface area contributed by atoms with Crippen molar-refractivity contribution in [1.82, 2.24) is 14.9 Å². The molecule has 128 valence electrons. The van der Waals surface area contributed by atoms with Crippen LogP contribution >= 0.6 is 11.3 Å². The maximum Gasteiger partial charge on any atom is 0.257 e. The molecule has 1 amide bonds. The molecule has 1 aromatic heterocycles. The number of aromatic nitrogens is 2. The van der Waals surface area contributed by atoms with Crippen molar-refractivity contribution in [2.75, 3.05) is 18.5 Å². The van der Waals surface area contributed by atoms with E-state index in [4.69, 9.17) is 4.74 Å². The first-order valence-electron chi connectivity index (χ1n) is 7.33. The Bertz CT molecular complexity index is 785. The molecule has 0 spiro atoms. The third kappa shape index (κ3) is 4.15. The van der Waals surface area contributed by atoms with Crippen LogP contribution in [0.3, 0.4) is 0 Å². The zero-order valence-corrected chi connectivity index (χ0v) is 14.3. The molecule has 1 aromatic carbocycles. The number of sulfonamides is 1. The summed E-state index contributed by atoms with van der Waals surface area (Å²) >= 11 is 1.20. The van der Waals surface area contributed by atoms with Gasteiger partial charge in [-0.3, -0.25) is 10.1 Å². The Balaban J connectivity index is 1.63. The summed E-state index contributed by atoms with van der Waals surface area (Å²) in [5, 5.41) is 10.3. The first-order valence-corrected chi connectivity index (χ1v) is 9.70. The number of anilines is 1. The zero-order valence-electron chi connectivity index (χ0n) is 12.6. The topological polar surface area (TPSA) is 110 Å². The van der Waals surface area contributed by atoms with Crippen molar-refractivity contribution in [3.8, 4) is 0 Å². The minimum absolute atomic E-state index is 0.0725. The van der Waals surface area contributed by atoms with Gasteiger partial charge in [-0.15, -0.1) is 10.2 Å². The highest BCUT2D eigenvalue weighted by Crippen LogP contribution is 2.15. The molecule has 1 aliphatic rings. The van der Waals surface area contributed by atoms with Gasteiger partial charge in [0.1, 0.15) is 5.51 Å². The van der Waals surface area contributed by atoms with E-state index in [2.05, 4.69) is 20.2 Å². The quantitative estimate of drug-likeness (QED) is 0.794. The van der Waals surface area contributed by atoms with Crippen LogP contribution in [0.1, 0.15) is 23.2 Å². The summed E-state index contributed by atoms with van der Waals surface area (Å²) < 4.78 is 32.4. The number of nitrogens with zero attached hydrogens (tertiary/aromatic N) is 2. The maximum absolute atomic E-state index is 12.2. The molecular formula is C14H16N4O4S2. The normalized spacial score (nSPS) is 17.8. The predicted octanol–water partition coefficient (Wildman–Crippen LogP) is 1.25. The number of nitrogens with one attached hydrogen (secondary N) is 2. The van der Waals surface area contributed by atoms with Crippen LogP contribution in [0.15, 0.2) is 34.7 Å². The van der Waals surface area contributed by atoms with Gasteiger partial charge in [0.05, 0.1) is 11.0 Å². The average molecular weight is 368 g/mol. The molecule has 1 fully saturated rings. The predicted molar refractivity (Wildman–Crippen MR) is 88.5 cm³/mol. The second-order valence-corrected chi connectivity index (χ2v) is 7.81. The fraction of sp³-hybridized carbons (Fsp3) is 0.357. The van der Waals surface area contributed by atoms with Crippen molar-refractivity contribution >= 4 is 32.4 Å². The summed E-state index contributed by atoms with van der Waals surface area (Å²) in [5.41, 5.74) is 1.84. The first-order chi connectivity index (χ1) is 11.5. The fourth-order valence-electron chi connectivity index (χ4n) is 2.27. The van der Waals surface area contributed by atoms with Crippen molar-refractivity contribution in [3.05, 3.63) is 35.3 Å². The third-order valence-electron chi connectivity index (χ3n) is 3.53. The first kappa shape index (κ1) is 17.0. The Kier molecular flexibility index (Phi) is 5.19. The minimum atomic E-state index is -3.62. The second kappa shape index (κ2) is 7.34. The van der Waals surface area contributed by atoms with Gasteiger partial charge in [-0.2, -0.15) is 0 Å². The van der Waals surface area contributed by atoms with E-state index >= 15 is 0 Å². The molecule has 0 bridgehead atoms. The molecule has 0 unspecified atom stereocenters. The van der Waals surface area contributed by atoms with Gasteiger partial charge in [-0.1, -0.05) is 11.3 Å². The molecule has 2 heterocycles. The van der Waals surface area contributed by atoms with Gasteiger partial charge in [0, 0.05) is 18.7 Å². The number of benzene rings is 1. The summed E-state index contributed by atoms with van der Waals surface area (Å²) in [6, 6.07) is 5.70. The van der Waals surface area contributed by atoms with Crippen molar-refractivity contribution in [2.45, 2.75) is 23.8 Å². The smallest absolute Gasteiger partial charge is 0.257 e. The lowest BCUT2D eigenvalue weighted by Gasteiger charge is -2.11. The van der Waals surface area contributed by atoms with Crippen molar-refractivity contribution in [2.24, 2.45) is 0 Å². The highest BCUT2D eigenvalue weighted by Gasteiger charge is 2.20. The van der Waals surface area contributed by atoms with Crippen LogP contribution in [0.4, 0.5) is 5.13 Å². The van der Waals surface area contributed by atoms with E-state index in [1.807, 2.05) is 0 Å². The second-order valence-electron chi connectivity index (χ2n) is 5.21. The SMILES string of the molecule is O=C(Nc1nncs1)c1ccc(S(=O)(=O)NC[C@@H]2CCCO2)cc1. The van der Waals surface area contributed by atoms with Gasteiger partial charge in [-0.25, -0.2) is 13.1 Å². The van der Waals surface area contributed by atoms with E-state index in [-0.39, 0.29) is 23.5 Å². The lowest BCUT2D eigenvalue weighted by molar-refractivity contribution is 0.102. The Morgan fingerprint density at radius 1 is 1.33 bits per heavy atom. The molecule has 1 atom stereocenters. The van der Waals surface area contributed by atoms with Crippen molar-refractivity contribution in [1.29, 1.82) is 0 Å². The van der Waals surface area contributed by atoms with E-state index < -0.39 is 10.0 Å². The van der Waals surface area contributed by atoms with E-state index in [0.29, 0.717) is 17.3 Å². The maximum atomic E-state index is 12.2. The molecule has 2 N–H and O–H groups in total. The number of amides is 1. The molecule has 1 saturated heterocycles. The van der Waals surface area contributed by atoms with E-state index in [1.165, 1.54) is 41.1 Å². The Labute approximate surface area is 143 Å². The molecule has 10 heteroatoms. The fourth-order valence-corrected chi connectivity index (χ4v) is 3.78. The van der Waals surface area contributed by atoms with Gasteiger partial charge in [0.15, 0.2) is 0 Å². The number of carbonyl (C=O) groups excluding carboxylic acids is 1. The minimum Gasteiger partial charge on any atom is -0.377 e. The van der Waals surface area contributed by atoms with Crippen LogP contribution in [-0.2, 0) is 14.8 Å². The largest absolute Gasteiger partial charge is 0.377 e. The van der Waals surface area contributed by atoms with Crippen molar-refractivity contribution in [3.63, 3.8) is 0 Å². The monoisotopic (exact) mass is 368 g/mol. The standard InChI is InChI=1S/C14H16N4O4S2/c19-13(17-14-18-15-9-23-14)10-3-5-12(6-4-10)24(20,21)16-8-11-2-1-7-22-11/h3-6,9,11,16H,1-2,7-8H2,(H,17,18,19)/t11-/m0/s1. The average Bonchev–Trinajstić information content (AvgIpc) is 3.27. The van der Waals surface area contributed by atoms with Gasteiger partial charge in [-0.05, 0) is 37.1 Å². The Morgan fingerprint density at radius 2 is 2.12 bits per heavy atom. The molecule has 0 aliphatic carbocycles.